The summed E-state index contributed by atoms with van der Waals surface area (Å²) in [4.78, 5) is 16.9. The number of ether oxygens (including phenoxy) is 1. The maximum Gasteiger partial charge on any atom is 0.301 e. The highest BCUT2D eigenvalue weighted by Gasteiger charge is 2.22. The third-order valence-corrected chi connectivity index (χ3v) is 8.04. The Hall–Kier alpha value is -3.31. The van der Waals surface area contributed by atoms with Gasteiger partial charge in [-0.05, 0) is 73.5 Å². The lowest BCUT2D eigenvalue weighted by atomic mass is 9.97. The normalized spacial score (nSPS) is 14.9. The van der Waals surface area contributed by atoms with Gasteiger partial charge in [0.1, 0.15) is 5.75 Å². The molecule has 1 atom stereocenters. The van der Waals surface area contributed by atoms with Crippen molar-refractivity contribution in [3.8, 4) is 16.9 Å². The number of aromatic nitrogens is 1. The summed E-state index contributed by atoms with van der Waals surface area (Å²) in [6.45, 7) is 2.98. The monoisotopic (exact) mass is 566 g/mol. The lowest BCUT2D eigenvalue weighted by Crippen LogP contribution is -2.40. The Balaban J connectivity index is 1.42. The summed E-state index contributed by atoms with van der Waals surface area (Å²) >= 11 is 0. The van der Waals surface area contributed by atoms with Crippen molar-refractivity contribution < 1.29 is 23.1 Å². The van der Waals surface area contributed by atoms with Gasteiger partial charge < -0.3 is 15.2 Å². The molecule has 2 aromatic carbocycles. The molecule has 1 aliphatic carbocycles. The van der Waals surface area contributed by atoms with E-state index in [-0.39, 0.29) is 18.2 Å². The van der Waals surface area contributed by atoms with Crippen LogP contribution >= 0.6 is 0 Å². The SMILES string of the molecule is CCNS(=O)(=O)NC(=O)c1ccc(-c2ccc(CCNC[C@H](O)c3cccnc3)cc2)cc1OC1CCCCC1. The summed E-state index contributed by atoms with van der Waals surface area (Å²) in [5.74, 6) is -0.344. The molecule has 1 aliphatic rings. The van der Waals surface area contributed by atoms with Gasteiger partial charge in [-0.3, -0.25) is 9.78 Å². The van der Waals surface area contributed by atoms with Crippen LogP contribution in [0.5, 0.6) is 5.75 Å². The number of benzene rings is 2. The van der Waals surface area contributed by atoms with Gasteiger partial charge in [0.15, 0.2) is 0 Å². The van der Waals surface area contributed by atoms with Gasteiger partial charge in [0.2, 0.25) is 0 Å². The van der Waals surface area contributed by atoms with E-state index in [2.05, 4.69) is 31.9 Å². The Bertz CT molecular complexity index is 1340. The zero-order valence-corrected chi connectivity index (χ0v) is 23.6. The van der Waals surface area contributed by atoms with Crippen molar-refractivity contribution in [3.63, 3.8) is 0 Å². The van der Waals surface area contributed by atoms with E-state index in [1.54, 1.807) is 31.5 Å². The quantitative estimate of drug-likeness (QED) is 0.231. The number of amides is 1. The van der Waals surface area contributed by atoms with Gasteiger partial charge in [0.25, 0.3) is 5.91 Å². The molecule has 0 bridgehead atoms. The third kappa shape index (κ3) is 8.59. The highest BCUT2D eigenvalue weighted by Crippen LogP contribution is 2.31. The number of nitrogens with one attached hydrogen (secondary N) is 3. The van der Waals surface area contributed by atoms with Crippen LogP contribution in [0, 0.1) is 0 Å². The summed E-state index contributed by atoms with van der Waals surface area (Å²) in [5, 5.41) is 13.6. The van der Waals surface area contributed by atoms with E-state index in [1.165, 1.54) is 6.42 Å². The van der Waals surface area contributed by atoms with Crippen LogP contribution in [-0.2, 0) is 16.6 Å². The fourth-order valence-corrected chi connectivity index (χ4v) is 5.59. The molecule has 214 valence electrons. The van der Waals surface area contributed by atoms with Gasteiger partial charge in [0.05, 0.1) is 17.8 Å². The number of carbonyl (C=O) groups excluding carboxylic acids is 1. The fourth-order valence-electron chi connectivity index (χ4n) is 4.78. The first-order valence-corrected chi connectivity index (χ1v) is 15.3. The van der Waals surface area contributed by atoms with Gasteiger partial charge in [-0.15, -0.1) is 0 Å². The number of aliphatic hydroxyl groups is 1. The van der Waals surface area contributed by atoms with Crippen molar-refractivity contribution in [3.05, 3.63) is 83.7 Å². The van der Waals surface area contributed by atoms with E-state index >= 15 is 0 Å². The topological polar surface area (TPSA) is 130 Å². The molecule has 40 heavy (non-hydrogen) atoms. The van der Waals surface area contributed by atoms with Crippen molar-refractivity contribution in [1.82, 2.24) is 19.7 Å². The molecule has 1 heterocycles. The van der Waals surface area contributed by atoms with Crippen LogP contribution in [0.15, 0.2) is 67.0 Å². The van der Waals surface area contributed by atoms with Crippen molar-refractivity contribution in [2.45, 2.75) is 57.7 Å². The Morgan fingerprint density at radius 1 is 1.07 bits per heavy atom. The first-order chi connectivity index (χ1) is 19.3. The first kappa shape index (κ1) is 29.7. The molecular weight excluding hydrogens is 528 g/mol. The van der Waals surface area contributed by atoms with Crippen molar-refractivity contribution >= 4 is 16.1 Å². The van der Waals surface area contributed by atoms with Gasteiger partial charge >= 0.3 is 10.2 Å². The molecule has 0 aliphatic heterocycles. The molecule has 3 aromatic rings. The lowest BCUT2D eigenvalue weighted by Gasteiger charge is -2.24. The van der Waals surface area contributed by atoms with Gasteiger partial charge in [-0.2, -0.15) is 13.1 Å². The van der Waals surface area contributed by atoms with E-state index in [0.717, 1.165) is 60.9 Å². The van der Waals surface area contributed by atoms with E-state index < -0.39 is 22.2 Å². The summed E-state index contributed by atoms with van der Waals surface area (Å²) in [6.07, 6.45) is 8.66. The second kappa shape index (κ2) is 14.4. The number of carbonyl (C=O) groups is 1. The molecule has 1 saturated carbocycles. The van der Waals surface area contributed by atoms with Crippen molar-refractivity contribution in [2.24, 2.45) is 0 Å². The number of nitrogens with zero attached hydrogens (tertiary/aromatic N) is 1. The zero-order valence-electron chi connectivity index (χ0n) is 22.8. The molecule has 1 aromatic heterocycles. The molecular formula is C30H38N4O5S. The van der Waals surface area contributed by atoms with Crippen LogP contribution in [0.4, 0.5) is 0 Å². The van der Waals surface area contributed by atoms with Gasteiger partial charge in [-0.25, -0.2) is 4.72 Å². The molecule has 10 heteroatoms. The van der Waals surface area contributed by atoms with Gasteiger partial charge in [0, 0.05) is 31.0 Å². The number of hydrogen-bond acceptors (Lipinski definition) is 7. The molecule has 9 nitrogen and oxygen atoms in total. The molecule has 4 N–H and O–H groups in total. The fraction of sp³-hybridized carbons (Fsp3) is 0.400. The van der Waals surface area contributed by atoms with Crippen LogP contribution in [0.2, 0.25) is 0 Å². The Morgan fingerprint density at radius 3 is 2.52 bits per heavy atom. The Morgan fingerprint density at radius 2 is 1.82 bits per heavy atom. The Labute approximate surface area is 236 Å². The highest BCUT2D eigenvalue weighted by atomic mass is 32.2. The average molecular weight is 567 g/mol. The summed E-state index contributed by atoms with van der Waals surface area (Å²) in [6, 6.07) is 17.1. The van der Waals surface area contributed by atoms with Crippen molar-refractivity contribution in [2.75, 3.05) is 19.6 Å². The standard InChI is InChI=1S/C30H38N4O5S/c1-2-33-40(37,38)34-30(36)27-15-14-24(19-29(27)39-26-8-4-3-5-9-26)23-12-10-22(11-13-23)16-18-32-21-28(35)25-7-6-17-31-20-25/h6-7,10-15,17,19-20,26,28,32-33,35H,2-5,8-9,16,18,21H2,1H3,(H,34,36)/t28-/m0/s1. The van der Waals surface area contributed by atoms with E-state index in [1.807, 2.05) is 30.3 Å². The minimum Gasteiger partial charge on any atom is -0.490 e. The maximum absolute atomic E-state index is 12.9. The Kier molecular flexibility index (Phi) is 10.7. The second-order valence-electron chi connectivity index (χ2n) is 9.97. The zero-order chi connectivity index (χ0) is 28.4. The predicted molar refractivity (Wildman–Crippen MR) is 155 cm³/mol. The highest BCUT2D eigenvalue weighted by molar-refractivity contribution is 7.88. The molecule has 0 radical (unpaired) electrons. The third-order valence-electron chi connectivity index (χ3n) is 6.92. The van der Waals surface area contributed by atoms with E-state index in [4.69, 9.17) is 4.74 Å². The van der Waals surface area contributed by atoms with Crippen LogP contribution in [0.1, 0.15) is 66.6 Å². The largest absolute Gasteiger partial charge is 0.490 e. The average Bonchev–Trinajstić information content (AvgIpc) is 2.96. The summed E-state index contributed by atoms with van der Waals surface area (Å²) in [5.41, 5.74) is 3.96. The van der Waals surface area contributed by atoms with Crippen molar-refractivity contribution in [1.29, 1.82) is 0 Å². The van der Waals surface area contributed by atoms with Crippen LogP contribution in [0.3, 0.4) is 0 Å². The molecule has 1 amide bonds. The number of hydrogen-bond donors (Lipinski definition) is 4. The summed E-state index contributed by atoms with van der Waals surface area (Å²) in [7, 11) is -3.95. The molecule has 0 saturated heterocycles. The lowest BCUT2D eigenvalue weighted by molar-refractivity contribution is 0.0969. The minimum absolute atomic E-state index is 0.00697. The second-order valence-corrected chi connectivity index (χ2v) is 11.5. The van der Waals surface area contributed by atoms with E-state index in [9.17, 15) is 18.3 Å². The van der Waals surface area contributed by atoms with Crippen LogP contribution in [0.25, 0.3) is 11.1 Å². The molecule has 0 unspecified atom stereocenters. The van der Waals surface area contributed by atoms with Gasteiger partial charge in [-0.1, -0.05) is 49.7 Å². The maximum atomic E-state index is 12.9. The van der Waals surface area contributed by atoms with Crippen LogP contribution < -0.4 is 19.5 Å². The van der Waals surface area contributed by atoms with E-state index in [0.29, 0.717) is 12.3 Å². The summed E-state index contributed by atoms with van der Waals surface area (Å²) < 4.78 is 34.9. The number of aliphatic hydroxyl groups excluding tert-OH is 1. The predicted octanol–water partition coefficient (Wildman–Crippen LogP) is 3.91. The number of pyridine rings is 1. The molecule has 0 spiro atoms. The first-order valence-electron chi connectivity index (χ1n) is 13.8. The molecule has 1 fully saturated rings. The minimum atomic E-state index is -3.95. The smallest absolute Gasteiger partial charge is 0.301 e. The number of rotatable bonds is 13. The van der Waals surface area contributed by atoms with Crippen LogP contribution in [-0.4, -0.2) is 50.2 Å². The molecule has 4 rings (SSSR count).